The highest BCUT2D eigenvalue weighted by Gasteiger charge is 2.16. The Morgan fingerprint density at radius 3 is 2.06 bits per heavy atom. The van der Waals surface area contributed by atoms with Gasteiger partial charge in [-0.3, -0.25) is 0 Å². The molecular weight excluding hydrogens is 236 g/mol. The van der Waals surface area contributed by atoms with Crippen LogP contribution >= 0.6 is 0 Å². The maximum Gasteiger partial charge on any atom is 0.253 e. The lowest BCUT2D eigenvalue weighted by atomic mass is 10.4. The van der Waals surface area contributed by atoms with Crippen LogP contribution in [0.3, 0.4) is 0 Å². The maximum absolute atomic E-state index is 12.0. The summed E-state index contributed by atoms with van der Waals surface area (Å²) >= 11 is 0. The first-order valence-corrected chi connectivity index (χ1v) is 7.41. The molecule has 0 aromatic heterocycles. The lowest BCUT2D eigenvalue weighted by molar-refractivity contribution is 0.241. The van der Waals surface area contributed by atoms with E-state index in [1.54, 1.807) is 35.3 Å². The molecule has 0 radical (unpaired) electrons. The minimum atomic E-state index is -3.43. The predicted octanol–water partition coefficient (Wildman–Crippen LogP) is 2.00. The van der Waals surface area contributed by atoms with E-state index in [4.69, 9.17) is 0 Å². The second kappa shape index (κ2) is 6.74. The third kappa shape index (κ3) is 4.46. The molecule has 0 atom stereocenters. The summed E-state index contributed by atoms with van der Waals surface area (Å²) in [6, 6.07) is 8.43. The number of hydrazine groups is 1. The van der Waals surface area contributed by atoms with Crippen molar-refractivity contribution >= 4 is 10.0 Å². The first kappa shape index (κ1) is 14.2. The molecule has 17 heavy (non-hydrogen) atoms. The molecule has 1 aromatic rings. The van der Waals surface area contributed by atoms with Gasteiger partial charge in [0.05, 0.1) is 4.90 Å². The summed E-state index contributed by atoms with van der Waals surface area (Å²) in [5.74, 6) is 0. The summed E-state index contributed by atoms with van der Waals surface area (Å²) in [5, 5.41) is 1.75. The third-order valence-electron chi connectivity index (χ3n) is 2.29. The summed E-state index contributed by atoms with van der Waals surface area (Å²) in [6.07, 6.45) is 1.83. The molecular formula is C12H20N2O2S. The number of hydrogen-bond acceptors (Lipinski definition) is 3. The van der Waals surface area contributed by atoms with Crippen molar-refractivity contribution in [2.75, 3.05) is 13.1 Å². The van der Waals surface area contributed by atoms with E-state index in [-0.39, 0.29) is 0 Å². The lowest BCUT2D eigenvalue weighted by Gasteiger charge is -2.21. The number of sulfonamides is 1. The van der Waals surface area contributed by atoms with Gasteiger partial charge < -0.3 is 0 Å². The molecule has 5 heteroatoms. The molecule has 0 saturated carbocycles. The van der Waals surface area contributed by atoms with Crippen LogP contribution in [0.15, 0.2) is 35.2 Å². The Kier molecular flexibility index (Phi) is 5.61. The Labute approximate surface area is 104 Å². The van der Waals surface area contributed by atoms with Gasteiger partial charge >= 0.3 is 0 Å². The van der Waals surface area contributed by atoms with Gasteiger partial charge in [0.2, 0.25) is 0 Å². The van der Waals surface area contributed by atoms with E-state index in [1.165, 1.54) is 0 Å². The Bertz CT molecular complexity index is 411. The molecule has 0 aliphatic heterocycles. The molecule has 0 heterocycles. The SMILES string of the molecule is CCCN(CCC)NS(=O)(=O)c1ccccc1. The topological polar surface area (TPSA) is 49.4 Å². The highest BCUT2D eigenvalue weighted by molar-refractivity contribution is 7.89. The zero-order valence-electron chi connectivity index (χ0n) is 10.4. The summed E-state index contributed by atoms with van der Waals surface area (Å²) in [4.78, 5) is 2.92. The fourth-order valence-corrected chi connectivity index (χ4v) is 2.71. The fourth-order valence-electron chi connectivity index (χ4n) is 1.57. The van der Waals surface area contributed by atoms with Gasteiger partial charge in [0.1, 0.15) is 0 Å². The number of nitrogens with zero attached hydrogens (tertiary/aromatic N) is 1. The van der Waals surface area contributed by atoms with Crippen LogP contribution in [0, 0.1) is 0 Å². The molecule has 0 unspecified atom stereocenters. The zero-order chi connectivity index (χ0) is 12.7. The quantitative estimate of drug-likeness (QED) is 0.759. The van der Waals surface area contributed by atoms with Gasteiger partial charge in [-0.2, -0.15) is 0 Å². The Morgan fingerprint density at radius 2 is 1.59 bits per heavy atom. The van der Waals surface area contributed by atoms with E-state index in [2.05, 4.69) is 4.83 Å². The molecule has 4 nitrogen and oxygen atoms in total. The second-order valence-electron chi connectivity index (χ2n) is 3.89. The minimum absolute atomic E-state index is 0.303. The van der Waals surface area contributed by atoms with Crippen LogP contribution in [0.25, 0.3) is 0 Å². The molecule has 1 N–H and O–H groups in total. The van der Waals surface area contributed by atoms with E-state index < -0.39 is 10.0 Å². The molecule has 0 amide bonds. The van der Waals surface area contributed by atoms with Crippen molar-refractivity contribution in [2.45, 2.75) is 31.6 Å². The maximum atomic E-state index is 12.0. The van der Waals surface area contributed by atoms with E-state index in [1.807, 2.05) is 13.8 Å². The van der Waals surface area contributed by atoms with Gasteiger partial charge in [0.15, 0.2) is 0 Å². The zero-order valence-corrected chi connectivity index (χ0v) is 11.2. The van der Waals surface area contributed by atoms with Crippen molar-refractivity contribution in [3.8, 4) is 0 Å². The van der Waals surface area contributed by atoms with Crippen molar-refractivity contribution in [3.05, 3.63) is 30.3 Å². The summed E-state index contributed by atoms with van der Waals surface area (Å²) in [6.45, 7) is 5.50. The van der Waals surface area contributed by atoms with Crippen LogP contribution in [0.4, 0.5) is 0 Å². The van der Waals surface area contributed by atoms with Crippen LogP contribution in [0.2, 0.25) is 0 Å². The smallest absolute Gasteiger partial charge is 0.231 e. The van der Waals surface area contributed by atoms with E-state index in [0.717, 1.165) is 25.9 Å². The van der Waals surface area contributed by atoms with E-state index in [9.17, 15) is 8.42 Å². The van der Waals surface area contributed by atoms with Crippen molar-refractivity contribution in [1.29, 1.82) is 0 Å². The average molecular weight is 256 g/mol. The highest BCUT2D eigenvalue weighted by Crippen LogP contribution is 2.08. The number of benzene rings is 1. The Morgan fingerprint density at radius 1 is 1.06 bits per heavy atom. The molecule has 0 saturated heterocycles. The van der Waals surface area contributed by atoms with Gasteiger partial charge in [0, 0.05) is 13.1 Å². The van der Waals surface area contributed by atoms with Crippen molar-refractivity contribution in [3.63, 3.8) is 0 Å². The number of hydrogen-bond donors (Lipinski definition) is 1. The van der Waals surface area contributed by atoms with Gasteiger partial charge in [0.25, 0.3) is 10.0 Å². The fraction of sp³-hybridized carbons (Fsp3) is 0.500. The number of rotatable bonds is 7. The molecule has 96 valence electrons. The molecule has 0 bridgehead atoms. The summed E-state index contributed by atoms with van der Waals surface area (Å²) in [7, 11) is -3.43. The monoisotopic (exact) mass is 256 g/mol. The molecule has 0 spiro atoms. The summed E-state index contributed by atoms with van der Waals surface area (Å²) < 4.78 is 24.1. The van der Waals surface area contributed by atoms with Crippen LogP contribution in [0.5, 0.6) is 0 Å². The van der Waals surface area contributed by atoms with Gasteiger partial charge in [-0.25, -0.2) is 13.4 Å². The van der Waals surface area contributed by atoms with E-state index >= 15 is 0 Å². The third-order valence-corrected chi connectivity index (χ3v) is 3.68. The normalized spacial score (nSPS) is 11.9. The van der Waals surface area contributed by atoms with Crippen molar-refractivity contribution in [1.82, 2.24) is 9.84 Å². The van der Waals surface area contributed by atoms with Crippen LogP contribution < -0.4 is 4.83 Å². The first-order valence-electron chi connectivity index (χ1n) is 5.92. The number of nitrogens with one attached hydrogen (secondary N) is 1. The molecule has 0 aliphatic rings. The van der Waals surface area contributed by atoms with Gasteiger partial charge in [-0.1, -0.05) is 32.0 Å². The molecule has 0 aliphatic carbocycles. The highest BCUT2D eigenvalue weighted by atomic mass is 32.2. The lowest BCUT2D eigenvalue weighted by Crippen LogP contribution is -2.42. The van der Waals surface area contributed by atoms with Crippen LogP contribution in [-0.4, -0.2) is 26.5 Å². The van der Waals surface area contributed by atoms with Crippen molar-refractivity contribution in [2.24, 2.45) is 0 Å². The van der Waals surface area contributed by atoms with Crippen LogP contribution in [-0.2, 0) is 10.0 Å². The predicted molar refractivity (Wildman–Crippen MR) is 68.9 cm³/mol. The largest absolute Gasteiger partial charge is 0.253 e. The van der Waals surface area contributed by atoms with Gasteiger partial charge in [-0.05, 0) is 25.0 Å². The molecule has 0 fully saturated rings. The standard InChI is InChI=1S/C12H20N2O2S/c1-3-10-14(11-4-2)13-17(15,16)12-8-6-5-7-9-12/h5-9,13H,3-4,10-11H2,1-2H3. The Hall–Kier alpha value is -0.910. The minimum Gasteiger partial charge on any atom is -0.231 e. The first-order chi connectivity index (χ1) is 8.10. The average Bonchev–Trinajstić information content (AvgIpc) is 2.30. The molecule has 1 aromatic carbocycles. The molecule has 1 rings (SSSR count). The second-order valence-corrected chi connectivity index (χ2v) is 5.56. The van der Waals surface area contributed by atoms with E-state index in [0.29, 0.717) is 4.90 Å². The van der Waals surface area contributed by atoms with Crippen LogP contribution in [0.1, 0.15) is 26.7 Å². The Balaban J connectivity index is 2.77. The van der Waals surface area contributed by atoms with Crippen molar-refractivity contribution < 1.29 is 8.42 Å². The summed E-state index contributed by atoms with van der Waals surface area (Å²) in [5.41, 5.74) is 0. The van der Waals surface area contributed by atoms with Gasteiger partial charge in [-0.15, -0.1) is 4.83 Å².